The maximum absolute atomic E-state index is 12.3. The zero-order valence-electron chi connectivity index (χ0n) is 27.2. The molecule has 0 aromatic carbocycles. The van der Waals surface area contributed by atoms with E-state index in [1.165, 1.54) is 123 Å². The number of carbonyl (C=O) groups excluding carboxylic acids is 2. The molecule has 0 aliphatic carbocycles. The van der Waals surface area contributed by atoms with Crippen LogP contribution in [0.25, 0.3) is 0 Å². The molecule has 0 aliphatic heterocycles. The maximum Gasteiger partial charge on any atom is 0.306 e. The van der Waals surface area contributed by atoms with Crippen LogP contribution in [-0.2, 0) is 19.1 Å². The zero-order chi connectivity index (χ0) is 29.5. The summed E-state index contributed by atoms with van der Waals surface area (Å²) < 4.78 is 10.6. The first-order chi connectivity index (χ1) is 19.5. The number of unbranched alkanes of at least 4 members (excludes halogenated alkanes) is 17. The SMILES string of the molecule is CCCCCCCC(CCCCCCCCCCC=CCCCCCCCC(=O)OC)OC(=O)CCCN(C)C. The summed E-state index contributed by atoms with van der Waals surface area (Å²) in [6, 6.07) is 0. The molecule has 0 saturated carbocycles. The van der Waals surface area contributed by atoms with Crippen LogP contribution in [0, 0.1) is 0 Å². The predicted molar refractivity (Wildman–Crippen MR) is 171 cm³/mol. The van der Waals surface area contributed by atoms with E-state index >= 15 is 0 Å². The lowest BCUT2D eigenvalue weighted by Gasteiger charge is -2.18. The monoisotopic (exact) mass is 566 g/mol. The molecule has 0 radical (unpaired) electrons. The summed E-state index contributed by atoms with van der Waals surface area (Å²) in [5.74, 6) is -0.0860. The predicted octanol–water partition coefficient (Wildman–Crippen LogP) is 9.96. The Morgan fingerprint density at radius 2 is 1.05 bits per heavy atom. The second kappa shape index (κ2) is 30.6. The number of allylic oxidation sites excluding steroid dienone is 2. The summed E-state index contributed by atoms with van der Waals surface area (Å²) in [4.78, 5) is 25.5. The lowest BCUT2D eigenvalue weighted by atomic mass is 10.0. The first kappa shape index (κ1) is 38.6. The molecule has 0 aliphatic rings. The minimum Gasteiger partial charge on any atom is -0.469 e. The van der Waals surface area contributed by atoms with Crippen molar-refractivity contribution in [1.82, 2.24) is 4.90 Å². The molecule has 0 aromatic rings. The fourth-order valence-corrected chi connectivity index (χ4v) is 5.12. The van der Waals surface area contributed by atoms with Gasteiger partial charge in [0.1, 0.15) is 6.10 Å². The molecular weight excluding hydrogens is 498 g/mol. The molecule has 236 valence electrons. The summed E-state index contributed by atoms with van der Waals surface area (Å²) in [7, 11) is 5.56. The van der Waals surface area contributed by atoms with Gasteiger partial charge in [-0.15, -0.1) is 0 Å². The molecule has 0 fully saturated rings. The molecule has 1 unspecified atom stereocenters. The quantitative estimate of drug-likeness (QED) is 0.0493. The van der Waals surface area contributed by atoms with E-state index in [4.69, 9.17) is 4.74 Å². The van der Waals surface area contributed by atoms with Crippen molar-refractivity contribution in [1.29, 1.82) is 0 Å². The number of esters is 2. The average molecular weight is 566 g/mol. The van der Waals surface area contributed by atoms with Gasteiger partial charge in [-0.2, -0.15) is 0 Å². The second-order valence-electron chi connectivity index (χ2n) is 12.0. The number of hydrogen-bond acceptors (Lipinski definition) is 5. The Kier molecular flexibility index (Phi) is 29.6. The normalized spacial score (nSPS) is 12.3. The van der Waals surface area contributed by atoms with Crippen molar-refractivity contribution in [2.45, 2.75) is 174 Å². The minimum atomic E-state index is -0.0854. The van der Waals surface area contributed by atoms with Crippen LogP contribution in [0.4, 0.5) is 0 Å². The molecule has 0 amide bonds. The number of methoxy groups -OCH3 is 1. The third-order valence-electron chi connectivity index (χ3n) is 7.71. The van der Waals surface area contributed by atoms with Gasteiger partial charge in [-0.25, -0.2) is 0 Å². The molecule has 0 heterocycles. The van der Waals surface area contributed by atoms with Crippen LogP contribution in [0.15, 0.2) is 12.2 Å². The Morgan fingerprint density at radius 1 is 0.600 bits per heavy atom. The molecule has 0 bridgehead atoms. The third kappa shape index (κ3) is 29.6. The van der Waals surface area contributed by atoms with E-state index < -0.39 is 0 Å². The highest BCUT2D eigenvalue weighted by molar-refractivity contribution is 5.69. The van der Waals surface area contributed by atoms with Gasteiger partial charge in [-0.3, -0.25) is 9.59 Å². The van der Waals surface area contributed by atoms with E-state index in [-0.39, 0.29) is 18.0 Å². The number of carbonyl (C=O) groups is 2. The van der Waals surface area contributed by atoms with E-state index in [1.54, 1.807) is 0 Å². The van der Waals surface area contributed by atoms with Crippen LogP contribution in [0.2, 0.25) is 0 Å². The van der Waals surface area contributed by atoms with Crippen molar-refractivity contribution in [2.24, 2.45) is 0 Å². The van der Waals surface area contributed by atoms with Crippen molar-refractivity contribution in [2.75, 3.05) is 27.7 Å². The summed E-state index contributed by atoms with van der Waals surface area (Å²) in [5.41, 5.74) is 0. The molecule has 5 heteroatoms. The van der Waals surface area contributed by atoms with Crippen LogP contribution >= 0.6 is 0 Å². The zero-order valence-corrected chi connectivity index (χ0v) is 27.2. The van der Waals surface area contributed by atoms with Gasteiger partial charge in [0.25, 0.3) is 0 Å². The molecule has 0 rings (SSSR count). The second-order valence-corrected chi connectivity index (χ2v) is 12.0. The molecule has 0 saturated heterocycles. The number of rotatable bonds is 30. The highest BCUT2D eigenvalue weighted by Crippen LogP contribution is 2.18. The van der Waals surface area contributed by atoms with Crippen LogP contribution in [0.5, 0.6) is 0 Å². The van der Waals surface area contributed by atoms with E-state index in [0.29, 0.717) is 12.8 Å². The Bertz CT molecular complexity index is 590. The van der Waals surface area contributed by atoms with Gasteiger partial charge in [0, 0.05) is 12.8 Å². The van der Waals surface area contributed by atoms with Gasteiger partial charge in [-0.05, 0) is 84.8 Å². The fourth-order valence-electron chi connectivity index (χ4n) is 5.12. The Hall–Kier alpha value is -1.36. The summed E-state index contributed by atoms with van der Waals surface area (Å²) >= 11 is 0. The Morgan fingerprint density at radius 3 is 1.55 bits per heavy atom. The van der Waals surface area contributed by atoms with Crippen molar-refractivity contribution in [3.05, 3.63) is 12.2 Å². The van der Waals surface area contributed by atoms with Gasteiger partial charge in [0.05, 0.1) is 7.11 Å². The van der Waals surface area contributed by atoms with Gasteiger partial charge in [0.15, 0.2) is 0 Å². The van der Waals surface area contributed by atoms with Crippen molar-refractivity contribution >= 4 is 11.9 Å². The largest absolute Gasteiger partial charge is 0.469 e. The number of ether oxygens (including phenoxy) is 2. The van der Waals surface area contributed by atoms with E-state index in [0.717, 1.165) is 38.6 Å². The molecule has 1 atom stereocenters. The standard InChI is InChI=1S/C35H67NO4/c1-5-6-7-21-24-28-33(40-35(38)31-27-32-36(2)3)29-25-22-19-17-15-13-11-9-8-10-12-14-16-18-20-23-26-30-34(37)39-4/h10,12,33H,5-9,11,13-32H2,1-4H3. The lowest BCUT2D eigenvalue weighted by molar-refractivity contribution is -0.150. The van der Waals surface area contributed by atoms with E-state index in [2.05, 4.69) is 28.7 Å². The summed E-state index contributed by atoms with van der Waals surface area (Å²) in [6.07, 6.45) is 33.9. The van der Waals surface area contributed by atoms with Gasteiger partial charge >= 0.3 is 11.9 Å². The van der Waals surface area contributed by atoms with Crippen molar-refractivity contribution in [3.8, 4) is 0 Å². The Labute approximate surface area is 249 Å². The van der Waals surface area contributed by atoms with Gasteiger partial charge in [0.2, 0.25) is 0 Å². The maximum atomic E-state index is 12.3. The smallest absolute Gasteiger partial charge is 0.306 e. The molecule has 5 nitrogen and oxygen atoms in total. The molecule has 40 heavy (non-hydrogen) atoms. The average Bonchev–Trinajstić information content (AvgIpc) is 2.93. The highest BCUT2D eigenvalue weighted by atomic mass is 16.5. The van der Waals surface area contributed by atoms with E-state index in [9.17, 15) is 9.59 Å². The van der Waals surface area contributed by atoms with Crippen LogP contribution in [0.1, 0.15) is 167 Å². The first-order valence-corrected chi connectivity index (χ1v) is 17.1. The van der Waals surface area contributed by atoms with Crippen LogP contribution in [-0.4, -0.2) is 50.7 Å². The molecule has 0 N–H and O–H groups in total. The summed E-state index contributed by atoms with van der Waals surface area (Å²) in [5, 5.41) is 0. The van der Waals surface area contributed by atoms with Crippen LogP contribution in [0.3, 0.4) is 0 Å². The van der Waals surface area contributed by atoms with Gasteiger partial charge < -0.3 is 14.4 Å². The van der Waals surface area contributed by atoms with Crippen molar-refractivity contribution < 1.29 is 19.1 Å². The first-order valence-electron chi connectivity index (χ1n) is 17.1. The lowest BCUT2D eigenvalue weighted by Crippen LogP contribution is -2.20. The number of nitrogens with zero attached hydrogens (tertiary/aromatic N) is 1. The molecule has 0 spiro atoms. The topological polar surface area (TPSA) is 55.8 Å². The van der Waals surface area contributed by atoms with Gasteiger partial charge in [-0.1, -0.05) is 103 Å². The highest BCUT2D eigenvalue weighted by Gasteiger charge is 2.14. The fraction of sp³-hybridized carbons (Fsp3) is 0.886. The number of hydrogen-bond donors (Lipinski definition) is 0. The van der Waals surface area contributed by atoms with Crippen LogP contribution < -0.4 is 0 Å². The molecular formula is C35H67NO4. The minimum absolute atomic E-state index is 0.000621. The van der Waals surface area contributed by atoms with Crippen molar-refractivity contribution in [3.63, 3.8) is 0 Å². The third-order valence-corrected chi connectivity index (χ3v) is 7.71. The summed E-state index contributed by atoms with van der Waals surface area (Å²) in [6.45, 7) is 3.19. The molecule has 0 aromatic heterocycles. The van der Waals surface area contributed by atoms with E-state index in [1.807, 2.05) is 14.1 Å². The Balaban J connectivity index is 3.71.